The average molecular weight is 412 g/mol. The summed E-state index contributed by atoms with van der Waals surface area (Å²) in [5, 5.41) is 3.30. The van der Waals surface area contributed by atoms with Gasteiger partial charge in [-0.1, -0.05) is 23.2 Å². The maximum absolute atomic E-state index is 12.1. The number of hydrogen-bond donors (Lipinski definition) is 1. The molecule has 1 unspecified atom stereocenters. The smallest absolute Gasteiger partial charge is 0.344 e. The van der Waals surface area contributed by atoms with Gasteiger partial charge in [-0.25, -0.2) is 4.79 Å². The molecule has 0 saturated heterocycles. The summed E-state index contributed by atoms with van der Waals surface area (Å²) in [5.41, 5.74) is 0.336. The Kier molecular flexibility index (Phi) is 7.76. The maximum atomic E-state index is 12.1. The van der Waals surface area contributed by atoms with Gasteiger partial charge in [0.1, 0.15) is 11.5 Å². The molecule has 1 atom stereocenters. The van der Waals surface area contributed by atoms with Gasteiger partial charge in [-0.3, -0.25) is 4.79 Å². The molecule has 0 aliphatic carbocycles. The minimum atomic E-state index is -1.03. The largest absolute Gasteiger partial charge is 0.494 e. The van der Waals surface area contributed by atoms with Crippen LogP contribution in [-0.4, -0.2) is 31.2 Å². The molecule has 144 valence electrons. The Labute approximate surface area is 167 Å². The lowest BCUT2D eigenvalue weighted by molar-refractivity contribution is -0.155. The van der Waals surface area contributed by atoms with Gasteiger partial charge >= 0.3 is 5.97 Å². The molecule has 0 aromatic heterocycles. The van der Waals surface area contributed by atoms with Crippen LogP contribution < -0.4 is 14.8 Å². The van der Waals surface area contributed by atoms with Gasteiger partial charge in [0.2, 0.25) is 0 Å². The molecular weight excluding hydrogens is 393 g/mol. The van der Waals surface area contributed by atoms with Crippen molar-refractivity contribution in [2.24, 2.45) is 0 Å². The lowest BCUT2D eigenvalue weighted by atomic mass is 10.3. The summed E-state index contributed by atoms with van der Waals surface area (Å²) in [5.74, 6) is -0.0204. The van der Waals surface area contributed by atoms with Crippen molar-refractivity contribution in [1.29, 1.82) is 0 Å². The lowest BCUT2D eigenvalue weighted by Crippen LogP contribution is -2.31. The summed E-state index contributed by atoms with van der Waals surface area (Å²) in [7, 11) is 0. The summed E-state index contributed by atoms with van der Waals surface area (Å²) in [6.07, 6.45) is -1.03. The fourth-order valence-corrected chi connectivity index (χ4v) is 2.39. The summed E-state index contributed by atoms with van der Waals surface area (Å²) in [6.45, 7) is 3.57. The van der Waals surface area contributed by atoms with Crippen LogP contribution in [0.1, 0.15) is 13.8 Å². The first-order chi connectivity index (χ1) is 12.9. The number of anilines is 1. The fraction of sp³-hybridized carbons (Fsp3) is 0.263. The van der Waals surface area contributed by atoms with E-state index < -0.39 is 18.0 Å². The van der Waals surface area contributed by atoms with Crippen molar-refractivity contribution in [3.63, 3.8) is 0 Å². The number of benzene rings is 2. The van der Waals surface area contributed by atoms with E-state index in [1.807, 2.05) is 6.92 Å². The fourth-order valence-electron chi connectivity index (χ4n) is 2.05. The number of ether oxygens (including phenoxy) is 3. The third kappa shape index (κ3) is 6.66. The molecule has 0 radical (unpaired) electrons. The first-order valence-corrected chi connectivity index (χ1v) is 8.95. The molecule has 27 heavy (non-hydrogen) atoms. The summed E-state index contributed by atoms with van der Waals surface area (Å²) >= 11 is 11.9. The standard InChI is InChI=1S/C19H19Cl2NO5/c1-3-25-14-5-7-15(8-6-14)26-11-18(23)27-12(2)19(24)22-17-10-13(20)4-9-16(17)21/h4-10,12H,3,11H2,1-2H3,(H,22,24). The minimum absolute atomic E-state index is 0.324. The summed E-state index contributed by atoms with van der Waals surface area (Å²) in [4.78, 5) is 24.0. The SMILES string of the molecule is CCOc1ccc(OCC(=O)OC(C)C(=O)Nc2cc(Cl)ccc2Cl)cc1. The van der Waals surface area contributed by atoms with Crippen molar-refractivity contribution in [2.45, 2.75) is 20.0 Å². The van der Waals surface area contributed by atoms with Gasteiger partial charge in [0.05, 0.1) is 17.3 Å². The zero-order chi connectivity index (χ0) is 19.8. The molecule has 0 saturated carbocycles. The van der Waals surface area contributed by atoms with Gasteiger partial charge in [-0.05, 0) is 56.3 Å². The maximum Gasteiger partial charge on any atom is 0.344 e. The second kappa shape index (κ2) is 10.0. The number of esters is 1. The number of halogens is 2. The highest BCUT2D eigenvalue weighted by atomic mass is 35.5. The van der Waals surface area contributed by atoms with E-state index >= 15 is 0 Å². The van der Waals surface area contributed by atoms with Crippen molar-refractivity contribution < 1.29 is 23.8 Å². The van der Waals surface area contributed by atoms with Crippen molar-refractivity contribution in [2.75, 3.05) is 18.5 Å². The Morgan fingerprint density at radius 3 is 2.30 bits per heavy atom. The Hall–Kier alpha value is -2.44. The number of amides is 1. The van der Waals surface area contributed by atoms with E-state index in [4.69, 9.17) is 37.4 Å². The zero-order valence-corrected chi connectivity index (χ0v) is 16.3. The second-order valence-corrected chi connectivity index (χ2v) is 6.28. The van der Waals surface area contributed by atoms with Gasteiger partial charge in [-0.15, -0.1) is 0 Å². The highest BCUT2D eigenvalue weighted by molar-refractivity contribution is 6.35. The van der Waals surface area contributed by atoms with E-state index in [9.17, 15) is 9.59 Å². The predicted octanol–water partition coefficient (Wildman–Crippen LogP) is 4.34. The van der Waals surface area contributed by atoms with Crippen LogP contribution >= 0.6 is 23.2 Å². The minimum Gasteiger partial charge on any atom is -0.494 e. The topological polar surface area (TPSA) is 73.9 Å². The van der Waals surface area contributed by atoms with Gasteiger partial charge < -0.3 is 19.5 Å². The van der Waals surface area contributed by atoms with Gasteiger partial charge in [-0.2, -0.15) is 0 Å². The molecule has 0 bridgehead atoms. The molecular formula is C19H19Cl2NO5. The molecule has 0 aliphatic rings. The predicted molar refractivity (Wildman–Crippen MR) is 104 cm³/mol. The first kappa shape index (κ1) is 20.9. The normalized spacial score (nSPS) is 11.4. The van der Waals surface area contributed by atoms with Crippen LogP contribution in [0.25, 0.3) is 0 Å². The van der Waals surface area contributed by atoms with E-state index in [2.05, 4.69) is 5.32 Å². The quantitative estimate of drug-likeness (QED) is 0.653. The number of rotatable bonds is 8. The molecule has 6 nitrogen and oxygen atoms in total. The van der Waals surface area contributed by atoms with Crippen LogP contribution in [0.15, 0.2) is 42.5 Å². The first-order valence-electron chi connectivity index (χ1n) is 8.20. The molecule has 2 aromatic carbocycles. The third-order valence-corrected chi connectivity index (χ3v) is 3.92. The van der Waals surface area contributed by atoms with Crippen molar-refractivity contribution in [3.8, 4) is 11.5 Å². The zero-order valence-electron chi connectivity index (χ0n) is 14.8. The number of nitrogens with one attached hydrogen (secondary N) is 1. The number of hydrogen-bond acceptors (Lipinski definition) is 5. The van der Waals surface area contributed by atoms with Gasteiger partial charge in [0.15, 0.2) is 12.7 Å². The van der Waals surface area contributed by atoms with E-state index in [-0.39, 0.29) is 6.61 Å². The molecule has 1 amide bonds. The van der Waals surface area contributed by atoms with Crippen LogP contribution in [0.3, 0.4) is 0 Å². The molecule has 8 heteroatoms. The number of carbonyl (C=O) groups excluding carboxylic acids is 2. The summed E-state index contributed by atoms with van der Waals surface area (Å²) < 4.78 is 15.7. The van der Waals surface area contributed by atoms with Gasteiger partial charge in [0, 0.05) is 5.02 Å². The lowest BCUT2D eigenvalue weighted by Gasteiger charge is -2.15. The van der Waals surface area contributed by atoms with E-state index in [0.717, 1.165) is 0 Å². The molecule has 2 rings (SSSR count). The van der Waals surface area contributed by atoms with Crippen molar-refractivity contribution in [3.05, 3.63) is 52.5 Å². The molecule has 0 aliphatic heterocycles. The third-order valence-electron chi connectivity index (χ3n) is 3.36. The Morgan fingerprint density at radius 1 is 1.04 bits per heavy atom. The Bertz CT molecular complexity index is 795. The van der Waals surface area contributed by atoms with E-state index in [1.54, 1.807) is 36.4 Å². The second-order valence-electron chi connectivity index (χ2n) is 5.44. The molecule has 0 heterocycles. The van der Waals surface area contributed by atoms with Crippen LogP contribution in [0.4, 0.5) is 5.69 Å². The van der Waals surface area contributed by atoms with Crippen molar-refractivity contribution in [1.82, 2.24) is 0 Å². The van der Waals surface area contributed by atoms with E-state index in [0.29, 0.717) is 33.8 Å². The highest BCUT2D eigenvalue weighted by Crippen LogP contribution is 2.25. The van der Waals surface area contributed by atoms with Crippen LogP contribution in [0.5, 0.6) is 11.5 Å². The molecule has 2 aromatic rings. The molecule has 0 spiro atoms. The summed E-state index contributed by atoms with van der Waals surface area (Å²) in [6, 6.07) is 11.5. The van der Waals surface area contributed by atoms with Crippen LogP contribution in [0.2, 0.25) is 10.0 Å². The molecule has 0 fully saturated rings. The van der Waals surface area contributed by atoms with Crippen LogP contribution in [0, 0.1) is 0 Å². The Morgan fingerprint density at radius 2 is 1.67 bits per heavy atom. The molecule has 1 N–H and O–H groups in total. The highest BCUT2D eigenvalue weighted by Gasteiger charge is 2.19. The number of carbonyl (C=O) groups is 2. The van der Waals surface area contributed by atoms with E-state index in [1.165, 1.54) is 13.0 Å². The van der Waals surface area contributed by atoms with Gasteiger partial charge in [0.25, 0.3) is 5.91 Å². The monoisotopic (exact) mass is 411 g/mol. The average Bonchev–Trinajstić information content (AvgIpc) is 2.64. The van der Waals surface area contributed by atoms with Crippen molar-refractivity contribution >= 4 is 40.8 Å². The Balaban J connectivity index is 1.82. The van der Waals surface area contributed by atoms with Crippen LogP contribution in [-0.2, 0) is 14.3 Å².